The summed E-state index contributed by atoms with van der Waals surface area (Å²) in [5.41, 5.74) is 1.98. The Morgan fingerprint density at radius 2 is 2.03 bits per heavy atom. The van der Waals surface area contributed by atoms with Crippen LogP contribution in [-0.4, -0.2) is 39.7 Å². The molecule has 29 heavy (non-hydrogen) atoms. The number of hydrogen-bond donors (Lipinski definition) is 1. The zero-order valence-corrected chi connectivity index (χ0v) is 17.8. The summed E-state index contributed by atoms with van der Waals surface area (Å²) in [4.78, 5) is 28.0. The third-order valence-corrected chi connectivity index (χ3v) is 7.07. The van der Waals surface area contributed by atoms with Crippen molar-refractivity contribution in [1.29, 1.82) is 0 Å². The van der Waals surface area contributed by atoms with E-state index in [2.05, 4.69) is 20.2 Å². The van der Waals surface area contributed by atoms with Crippen LogP contribution in [0.25, 0.3) is 10.3 Å². The summed E-state index contributed by atoms with van der Waals surface area (Å²) >= 11 is 2.93. The molecule has 3 heterocycles. The fourth-order valence-corrected chi connectivity index (χ4v) is 5.21. The van der Waals surface area contributed by atoms with Gasteiger partial charge in [-0.05, 0) is 37.5 Å². The maximum absolute atomic E-state index is 13.4. The quantitative estimate of drug-likeness (QED) is 0.469. The van der Waals surface area contributed by atoms with E-state index < -0.39 is 0 Å². The summed E-state index contributed by atoms with van der Waals surface area (Å²) in [5.74, 6) is -0.395. The molecule has 6 nitrogen and oxygen atoms in total. The zero-order chi connectivity index (χ0) is 20.2. The minimum atomic E-state index is -0.373. The van der Waals surface area contributed by atoms with Crippen molar-refractivity contribution in [2.24, 2.45) is 0 Å². The normalized spacial score (nSPS) is 14.8. The highest BCUT2D eigenvalue weighted by atomic mass is 32.2. The Bertz CT molecular complexity index is 1020. The van der Waals surface area contributed by atoms with Gasteiger partial charge in [0.2, 0.25) is 5.91 Å². The molecule has 0 bridgehead atoms. The van der Waals surface area contributed by atoms with E-state index in [4.69, 9.17) is 4.98 Å². The largest absolute Gasteiger partial charge is 0.348 e. The second-order valence-corrected chi connectivity index (χ2v) is 8.97. The highest BCUT2D eigenvalue weighted by molar-refractivity contribution is 8.00. The highest BCUT2D eigenvalue weighted by Gasteiger charge is 2.18. The first-order valence-corrected chi connectivity index (χ1v) is 11.5. The molecule has 1 fully saturated rings. The average Bonchev–Trinajstić information content (AvgIpc) is 2.96. The van der Waals surface area contributed by atoms with Crippen LogP contribution >= 0.6 is 23.1 Å². The van der Waals surface area contributed by atoms with E-state index in [1.807, 2.05) is 6.92 Å². The molecule has 1 N–H and O–H groups in total. The summed E-state index contributed by atoms with van der Waals surface area (Å²) < 4.78 is 14.3. The molecule has 0 unspecified atom stereocenters. The Morgan fingerprint density at radius 3 is 2.83 bits per heavy atom. The first kappa shape index (κ1) is 20.0. The lowest BCUT2D eigenvalue weighted by atomic mass is 10.2. The van der Waals surface area contributed by atoms with Crippen LogP contribution in [0.15, 0.2) is 29.6 Å². The van der Waals surface area contributed by atoms with E-state index in [0.717, 1.165) is 33.5 Å². The fraction of sp³-hybridized carbons (Fsp3) is 0.400. The van der Waals surface area contributed by atoms with Crippen molar-refractivity contribution in [1.82, 2.24) is 15.0 Å². The molecule has 3 aromatic rings. The minimum absolute atomic E-state index is 0.180. The summed E-state index contributed by atoms with van der Waals surface area (Å²) in [6.07, 6.45) is 6.39. The van der Waals surface area contributed by atoms with Crippen LogP contribution in [0.3, 0.4) is 0 Å². The molecule has 1 aliphatic heterocycles. The van der Waals surface area contributed by atoms with E-state index in [1.54, 1.807) is 17.4 Å². The number of fused-ring (bicyclic) bond motifs is 1. The van der Waals surface area contributed by atoms with Gasteiger partial charge in [0.05, 0.1) is 5.75 Å². The van der Waals surface area contributed by atoms with Crippen molar-refractivity contribution in [3.05, 3.63) is 35.9 Å². The van der Waals surface area contributed by atoms with Crippen LogP contribution in [0.1, 0.15) is 31.2 Å². The van der Waals surface area contributed by atoms with Gasteiger partial charge in [-0.25, -0.2) is 14.4 Å². The Kier molecular flexibility index (Phi) is 6.25. The van der Waals surface area contributed by atoms with Crippen LogP contribution < -0.4 is 10.2 Å². The number of nitrogens with one attached hydrogen (secondary N) is 1. The molecule has 1 amide bonds. The van der Waals surface area contributed by atoms with Crippen molar-refractivity contribution in [3.8, 4) is 0 Å². The number of anilines is 2. The number of nitrogens with zero attached hydrogens (tertiary/aromatic N) is 4. The smallest absolute Gasteiger partial charge is 0.234 e. The fourth-order valence-electron chi connectivity index (χ4n) is 3.27. The second-order valence-electron chi connectivity index (χ2n) is 7.03. The molecule has 1 saturated heterocycles. The number of halogens is 1. The standard InChI is InChI=1S/C20H22FN5OS2/c1-13-6-7-14(21)10-15(13)24-16(27)11-28-19-17-18(22-12-23-19)25-20(29-17)26-8-4-2-3-5-9-26/h6-7,10,12H,2-5,8-9,11H2,1H3,(H,24,27). The molecule has 0 atom stereocenters. The zero-order valence-electron chi connectivity index (χ0n) is 16.2. The molecule has 9 heteroatoms. The molecular formula is C20H22FN5OS2. The molecule has 1 aliphatic rings. The number of amides is 1. The van der Waals surface area contributed by atoms with Crippen molar-refractivity contribution in [3.63, 3.8) is 0 Å². The maximum atomic E-state index is 13.4. The number of hydrogen-bond acceptors (Lipinski definition) is 7. The summed E-state index contributed by atoms with van der Waals surface area (Å²) in [6, 6.07) is 4.36. The third-order valence-electron chi connectivity index (χ3n) is 4.84. The molecule has 2 aromatic heterocycles. The number of carbonyl (C=O) groups is 1. The van der Waals surface area contributed by atoms with Crippen molar-refractivity contribution in [2.75, 3.05) is 29.1 Å². The molecular weight excluding hydrogens is 409 g/mol. The summed E-state index contributed by atoms with van der Waals surface area (Å²) in [5, 5.41) is 4.50. The lowest BCUT2D eigenvalue weighted by Crippen LogP contribution is -2.23. The number of thioether (sulfide) groups is 1. The maximum Gasteiger partial charge on any atom is 0.234 e. The number of aryl methyl sites for hydroxylation is 1. The number of aromatic nitrogens is 3. The van der Waals surface area contributed by atoms with Crippen LogP contribution in [0.2, 0.25) is 0 Å². The summed E-state index contributed by atoms with van der Waals surface area (Å²) in [6.45, 7) is 3.87. The van der Waals surface area contributed by atoms with Crippen molar-refractivity contribution < 1.29 is 9.18 Å². The number of rotatable bonds is 5. The number of benzene rings is 1. The Balaban J connectivity index is 1.46. The number of thiazole rings is 1. The van der Waals surface area contributed by atoms with Gasteiger partial charge in [0.1, 0.15) is 21.9 Å². The predicted octanol–water partition coefficient (Wildman–Crippen LogP) is 4.65. The van der Waals surface area contributed by atoms with Crippen LogP contribution in [0.4, 0.5) is 15.2 Å². The van der Waals surface area contributed by atoms with Gasteiger partial charge >= 0.3 is 0 Å². The third kappa shape index (κ3) is 4.84. The lowest BCUT2D eigenvalue weighted by Gasteiger charge is -2.18. The van der Waals surface area contributed by atoms with Gasteiger partial charge in [0, 0.05) is 18.8 Å². The molecule has 152 valence electrons. The van der Waals surface area contributed by atoms with Crippen LogP contribution in [-0.2, 0) is 4.79 Å². The monoisotopic (exact) mass is 431 g/mol. The van der Waals surface area contributed by atoms with E-state index in [0.29, 0.717) is 11.3 Å². The SMILES string of the molecule is Cc1ccc(F)cc1NC(=O)CSc1ncnc2nc(N3CCCCCC3)sc12. The molecule has 0 aliphatic carbocycles. The minimum Gasteiger partial charge on any atom is -0.348 e. The van der Waals surface area contributed by atoms with Gasteiger partial charge in [-0.15, -0.1) is 0 Å². The van der Waals surface area contributed by atoms with E-state index >= 15 is 0 Å². The van der Waals surface area contributed by atoms with Crippen LogP contribution in [0, 0.1) is 12.7 Å². The van der Waals surface area contributed by atoms with E-state index in [9.17, 15) is 9.18 Å². The van der Waals surface area contributed by atoms with Gasteiger partial charge in [-0.2, -0.15) is 4.98 Å². The van der Waals surface area contributed by atoms with E-state index in [-0.39, 0.29) is 17.5 Å². The highest BCUT2D eigenvalue weighted by Crippen LogP contribution is 2.34. The van der Waals surface area contributed by atoms with Gasteiger partial charge in [-0.3, -0.25) is 4.79 Å². The Hall–Kier alpha value is -2.26. The first-order valence-electron chi connectivity index (χ1n) is 9.65. The van der Waals surface area contributed by atoms with Gasteiger partial charge in [0.15, 0.2) is 10.8 Å². The summed E-state index contributed by atoms with van der Waals surface area (Å²) in [7, 11) is 0. The van der Waals surface area contributed by atoms with Crippen LogP contribution in [0.5, 0.6) is 0 Å². The average molecular weight is 432 g/mol. The molecule has 0 radical (unpaired) electrons. The van der Waals surface area contributed by atoms with Gasteiger partial charge in [-0.1, -0.05) is 42.0 Å². The Labute approximate surface area is 177 Å². The molecule has 1 aromatic carbocycles. The van der Waals surface area contributed by atoms with Crippen molar-refractivity contribution >= 4 is 50.2 Å². The van der Waals surface area contributed by atoms with E-state index in [1.165, 1.54) is 55.9 Å². The second kappa shape index (κ2) is 9.04. The van der Waals surface area contributed by atoms with Gasteiger partial charge in [0.25, 0.3) is 0 Å². The first-order chi connectivity index (χ1) is 14.1. The topological polar surface area (TPSA) is 71.0 Å². The molecule has 0 spiro atoms. The van der Waals surface area contributed by atoms with Crippen molar-refractivity contribution in [2.45, 2.75) is 37.6 Å². The van der Waals surface area contributed by atoms with Gasteiger partial charge < -0.3 is 10.2 Å². The predicted molar refractivity (Wildman–Crippen MR) is 116 cm³/mol. The molecule has 4 rings (SSSR count). The number of carbonyl (C=O) groups excluding carboxylic acids is 1. The molecule has 0 saturated carbocycles. The lowest BCUT2D eigenvalue weighted by molar-refractivity contribution is -0.113. The Morgan fingerprint density at radius 1 is 1.24 bits per heavy atom.